The summed E-state index contributed by atoms with van der Waals surface area (Å²) in [5, 5.41) is 3.90. The molecule has 3 aliphatic carbocycles. The summed E-state index contributed by atoms with van der Waals surface area (Å²) in [6.07, 6.45) is 11.2. The van der Waals surface area contributed by atoms with Gasteiger partial charge in [-0.25, -0.2) is 4.98 Å². The molecule has 0 aliphatic heterocycles. The van der Waals surface area contributed by atoms with E-state index in [4.69, 9.17) is 4.98 Å². The quantitative estimate of drug-likeness (QED) is 0.822. The van der Waals surface area contributed by atoms with E-state index in [-0.39, 0.29) is 35.1 Å². The molecule has 5 rings (SSSR count). The third kappa shape index (κ3) is 2.89. The van der Waals surface area contributed by atoms with Crippen LogP contribution in [0.4, 0.5) is 0 Å². The number of nitrogens with one attached hydrogen (secondary N) is 2. The van der Waals surface area contributed by atoms with Crippen molar-refractivity contribution in [2.24, 2.45) is 17.8 Å². The minimum absolute atomic E-state index is 0.0408. The van der Waals surface area contributed by atoms with Crippen molar-refractivity contribution in [3.8, 4) is 0 Å². The second-order valence-corrected chi connectivity index (χ2v) is 8.31. The van der Waals surface area contributed by atoms with Gasteiger partial charge in [0.1, 0.15) is 5.82 Å². The van der Waals surface area contributed by atoms with Crippen molar-refractivity contribution in [3.05, 3.63) is 52.6 Å². The zero-order valence-electron chi connectivity index (χ0n) is 15.4. The lowest BCUT2D eigenvalue weighted by Crippen LogP contribution is -2.43. The summed E-state index contributed by atoms with van der Waals surface area (Å²) >= 11 is 0. The van der Waals surface area contributed by atoms with Crippen molar-refractivity contribution >= 4 is 16.8 Å². The van der Waals surface area contributed by atoms with E-state index in [1.807, 2.05) is 18.2 Å². The molecule has 4 atom stereocenters. The maximum Gasteiger partial charge on any atom is 0.258 e. The normalized spacial score (nSPS) is 30.1. The van der Waals surface area contributed by atoms with Gasteiger partial charge in [0.15, 0.2) is 0 Å². The minimum atomic E-state index is -0.133. The monoisotopic (exact) mass is 363 g/mol. The number of nitrogens with zero attached hydrogens (tertiary/aromatic N) is 1. The number of carbonyl (C=O) groups is 1. The first-order valence-corrected chi connectivity index (χ1v) is 10.2. The molecule has 1 aromatic carbocycles. The number of rotatable bonds is 3. The van der Waals surface area contributed by atoms with Gasteiger partial charge in [-0.15, -0.1) is 0 Å². The lowest BCUT2D eigenvalue weighted by molar-refractivity contribution is -0.127. The molecule has 0 spiro atoms. The van der Waals surface area contributed by atoms with Crippen molar-refractivity contribution in [1.82, 2.24) is 15.3 Å². The second-order valence-electron chi connectivity index (χ2n) is 8.31. The van der Waals surface area contributed by atoms with Gasteiger partial charge in [-0.3, -0.25) is 9.59 Å². The topological polar surface area (TPSA) is 74.8 Å². The van der Waals surface area contributed by atoms with E-state index in [0.29, 0.717) is 22.8 Å². The number of aromatic nitrogens is 2. The zero-order valence-corrected chi connectivity index (χ0v) is 15.4. The Bertz CT molecular complexity index is 957. The highest BCUT2D eigenvalue weighted by atomic mass is 16.2. The number of para-hydroxylation sites is 1. The van der Waals surface area contributed by atoms with Crippen LogP contribution in [0.2, 0.25) is 0 Å². The Hall–Kier alpha value is -2.43. The van der Waals surface area contributed by atoms with Crippen molar-refractivity contribution in [2.45, 2.75) is 50.5 Å². The SMILES string of the molecule is O=C(NC1CCCCC1)[C@@H]1[C@H](c2nc3ccccc3c(=O)[nH]2)[C@@H]2C=C[C@H]1C2. The summed E-state index contributed by atoms with van der Waals surface area (Å²) in [6.45, 7) is 0. The molecular weight excluding hydrogens is 338 g/mol. The first-order chi connectivity index (χ1) is 13.2. The Morgan fingerprint density at radius 1 is 1.07 bits per heavy atom. The maximum atomic E-state index is 13.2. The number of benzene rings is 1. The third-order valence-electron chi connectivity index (χ3n) is 6.66. The predicted octanol–water partition coefficient (Wildman–Crippen LogP) is 3.28. The van der Waals surface area contributed by atoms with Gasteiger partial charge in [0.05, 0.1) is 16.8 Å². The van der Waals surface area contributed by atoms with Gasteiger partial charge in [0.25, 0.3) is 5.56 Å². The summed E-state index contributed by atoms with van der Waals surface area (Å²) in [4.78, 5) is 33.4. The molecule has 0 radical (unpaired) electrons. The van der Waals surface area contributed by atoms with Crippen LogP contribution in [0.3, 0.4) is 0 Å². The highest BCUT2D eigenvalue weighted by Gasteiger charge is 2.50. The second kappa shape index (κ2) is 6.63. The average molecular weight is 363 g/mol. The van der Waals surface area contributed by atoms with Gasteiger partial charge in [-0.2, -0.15) is 0 Å². The van der Waals surface area contributed by atoms with E-state index < -0.39 is 0 Å². The molecule has 27 heavy (non-hydrogen) atoms. The number of hydrogen-bond donors (Lipinski definition) is 2. The minimum Gasteiger partial charge on any atom is -0.353 e. The highest BCUT2D eigenvalue weighted by molar-refractivity contribution is 5.82. The molecule has 2 fully saturated rings. The van der Waals surface area contributed by atoms with Gasteiger partial charge in [-0.05, 0) is 43.2 Å². The zero-order chi connectivity index (χ0) is 18.4. The third-order valence-corrected chi connectivity index (χ3v) is 6.66. The Morgan fingerprint density at radius 2 is 1.85 bits per heavy atom. The largest absolute Gasteiger partial charge is 0.353 e. The van der Waals surface area contributed by atoms with Crippen LogP contribution in [-0.4, -0.2) is 21.9 Å². The van der Waals surface area contributed by atoms with Crippen LogP contribution < -0.4 is 10.9 Å². The van der Waals surface area contributed by atoms with Gasteiger partial charge in [0, 0.05) is 12.0 Å². The average Bonchev–Trinajstić information content (AvgIpc) is 3.30. The first kappa shape index (κ1) is 16.7. The molecule has 5 heteroatoms. The summed E-state index contributed by atoms with van der Waals surface area (Å²) in [5.74, 6) is 1.16. The number of amides is 1. The molecule has 1 heterocycles. The van der Waals surface area contributed by atoms with Gasteiger partial charge in [0.2, 0.25) is 5.91 Å². The van der Waals surface area contributed by atoms with E-state index in [9.17, 15) is 9.59 Å². The van der Waals surface area contributed by atoms with Gasteiger partial charge in [-0.1, -0.05) is 43.5 Å². The number of fused-ring (bicyclic) bond motifs is 3. The van der Waals surface area contributed by atoms with Crippen LogP contribution in [0.15, 0.2) is 41.2 Å². The summed E-state index contributed by atoms with van der Waals surface area (Å²) < 4.78 is 0. The number of hydrogen-bond acceptors (Lipinski definition) is 3. The predicted molar refractivity (Wildman–Crippen MR) is 104 cm³/mol. The molecule has 0 saturated heterocycles. The molecule has 1 aromatic heterocycles. The summed E-state index contributed by atoms with van der Waals surface area (Å²) in [5.41, 5.74) is 0.586. The van der Waals surface area contributed by atoms with Crippen LogP contribution in [0.25, 0.3) is 10.9 Å². The molecule has 2 bridgehead atoms. The van der Waals surface area contributed by atoms with E-state index >= 15 is 0 Å². The number of allylic oxidation sites excluding steroid dienone is 2. The van der Waals surface area contributed by atoms with Crippen LogP contribution in [0, 0.1) is 17.8 Å². The fourth-order valence-electron chi connectivity index (χ4n) is 5.36. The summed E-state index contributed by atoms with van der Waals surface area (Å²) in [7, 11) is 0. The fourth-order valence-corrected chi connectivity index (χ4v) is 5.36. The lowest BCUT2D eigenvalue weighted by Gasteiger charge is -2.30. The molecule has 5 nitrogen and oxygen atoms in total. The fraction of sp³-hybridized carbons (Fsp3) is 0.500. The number of carbonyl (C=O) groups excluding carboxylic acids is 1. The van der Waals surface area contributed by atoms with Crippen molar-refractivity contribution in [1.29, 1.82) is 0 Å². The first-order valence-electron chi connectivity index (χ1n) is 10.2. The molecule has 0 unspecified atom stereocenters. The molecule has 3 aliphatic rings. The smallest absolute Gasteiger partial charge is 0.258 e. The van der Waals surface area contributed by atoms with Crippen LogP contribution in [0.1, 0.15) is 50.3 Å². The van der Waals surface area contributed by atoms with Crippen LogP contribution in [-0.2, 0) is 4.79 Å². The van der Waals surface area contributed by atoms with Gasteiger partial charge >= 0.3 is 0 Å². The van der Waals surface area contributed by atoms with E-state index in [2.05, 4.69) is 22.5 Å². The standard InChI is InChI=1S/C22H25N3O2/c26-21-16-8-4-5-9-17(16)24-20(25-21)18-13-10-11-14(12-13)19(18)22(27)23-15-6-2-1-3-7-15/h4-5,8-11,13-15,18-19H,1-3,6-7,12H2,(H,23,27)(H,24,25,26)/t13-,14+,18-,19+/m1/s1. The van der Waals surface area contributed by atoms with Crippen molar-refractivity contribution in [3.63, 3.8) is 0 Å². The van der Waals surface area contributed by atoms with E-state index in [0.717, 1.165) is 19.3 Å². The molecule has 140 valence electrons. The Labute approximate surface area is 158 Å². The van der Waals surface area contributed by atoms with Crippen molar-refractivity contribution in [2.75, 3.05) is 0 Å². The van der Waals surface area contributed by atoms with E-state index in [1.54, 1.807) is 6.07 Å². The Morgan fingerprint density at radius 3 is 2.70 bits per heavy atom. The molecule has 2 saturated carbocycles. The Balaban J connectivity index is 1.48. The van der Waals surface area contributed by atoms with Crippen LogP contribution >= 0.6 is 0 Å². The molecule has 2 N–H and O–H groups in total. The van der Waals surface area contributed by atoms with Crippen molar-refractivity contribution < 1.29 is 4.79 Å². The number of aromatic amines is 1. The maximum absolute atomic E-state index is 13.2. The Kier molecular flexibility index (Phi) is 4.10. The lowest BCUT2D eigenvalue weighted by atomic mass is 9.81. The van der Waals surface area contributed by atoms with Crippen LogP contribution in [0.5, 0.6) is 0 Å². The van der Waals surface area contributed by atoms with E-state index in [1.165, 1.54) is 19.3 Å². The molecule has 2 aromatic rings. The van der Waals surface area contributed by atoms with Gasteiger partial charge < -0.3 is 10.3 Å². The molecule has 1 amide bonds. The number of H-pyrrole nitrogens is 1. The molecular formula is C22H25N3O2. The highest BCUT2D eigenvalue weighted by Crippen LogP contribution is 2.52. The summed E-state index contributed by atoms with van der Waals surface area (Å²) in [6, 6.07) is 7.71.